The molecule has 0 bridgehead atoms. The molecule has 3 N–H and O–H groups in total. The predicted octanol–water partition coefficient (Wildman–Crippen LogP) is 2.83. The topological polar surface area (TPSA) is 109 Å². The van der Waals surface area contributed by atoms with Gasteiger partial charge in [0.15, 0.2) is 10.6 Å². The van der Waals surface area contributed by atoms with Crippen molar-refractivity contribution >= 4 is 33.8 Å². The molecule has 0 aliphatic rings. The Labute approximate surface area is 171 Å². The Kier molecular flexibility index (Phi) is 6.09. The number of rotatable bonds is 7. The molecule has 1 amide bonds. The summed E-state index contributed by atoms with van der Waals surface area (Å²) < 4.78 is 42.2. The van der Waals surface area contributed by atoms with Gasteiger partial charge in [-0.2, -0.15) is 5.10 Å². The van der Waals surface area contributed by atoms with E-state index in [-0.39, 0.29) is 23.0 Å². The van der Waals surface area contributed by atoms with Crippen molar-refractivity contribution in [3.8, 4) is 0 Å². The second-order valence-corrected chi connectivity index (χ2v) is 8.08. The lowest BCUT2D eigenvalue weighted by Crippen LogP contribution is -2.24. The van der Waals surface area contributed by atoms with Crippen molar-refractivity contribution in [3.63, 3.8) is 0 Å². The van der Waals surface area contributed by atoms with Crippen LogP contribution in [-0.4, -0.2) is 29.1 Å². The highest BCUT2D eigenvalue weighted by atomic mass is 32.2. The molecule has 29 heavy (non-hydrogen) atoms. The van der Waals surface area contributed by atoms with Crippen molar-refractivity contribution < 1.29 is 17.6 Å². The highest BCUT2D eigenvalue weighted by Crippen LogP contribution is 2.17. The molecule has 8 nitrogen and oxygen atoms in total. The Morgan fingerprint density at radius 1 is 1.17 bits per heavy atom. The minimum Gasteiger partial charge on any atom is -0.345 e. The Morgan fingerprint density at radius 2 is 1.83 bits per heavy atom. The Balaban J connectivity index is 1.65. The van der Waals surface area contributed by atoms with Crippen LogP contribution in [0.25, 0.3) is 0 Å². The van der Waals surface area contributed by atoms with Gasteiger partial charge in [-0.05, 0) is 67.7 Å². The highest BCUT2D eigenvalue weighted by molar-refractivity contribution is 7.92. The smallest absolute Gasteiger partial charge is 0.261 e. The van der Waals surface area contributed by atoms with Gasteiger partial charge in [-0.25, -0.2) is 12.8 Å². The lowest BCUT2D eigenvalue weighted by molar-refractivity contribution is 0.0949. The van der Waals surface area contributed by atoms with E-state index in [1.54, 1.807) is 4.57 Å². The van der Waals surface area contributed by atoms with Gasteiger partial charge in [-0.1, -0.05) is 0 Å². The number of hydrogen-bond acceptors (Lipinski definition) is 5. The predicted molar refractivity (Wildman–Crippen MR) is 108 cm³/mol. The fraction of sp³-hybridized carbons (Fsp3) is 0.167. The number of carbonyl (C=O) groups excluding carboxylic acids is 1. The van der Waals surface area contributed by atoms with Crippen molar-refractivity contribution in [2.24, 2.45) is 0 Å². The second-order valence-electron chi connectivity index (χ2n) is 6.01. The molecule has 0 aliphatic heterocycles. The number of hydrogen-bond donors (Lipinski definition) is 3. The summed E-state index contributed by atoms with van der Waals surface area (Å²) in [5, 5.41) is 9.49. The number of nitrogens with zero attached hydrogens (tertiary/aromatic N) is 2. The SMILES string of the molecule is CCn1c(CNC(=O)c2ccc(NS(=O)(=O)c3ccc(F)cc3)cc2)n[nH]c1=S. The maximum absolute atomic E-state index is 13.0. The summed E-state index contributed by atoms with van der Waals surface area (Å²) in [6, 6.07) is 10.4. The number of anilines is 1. The van der Waals surface area contributed by atoms with Gasteiger partial charge >= 0.3 is 0 Å². The second kappa shape index (κ2) is 8.53. The summed E-state index contributed by atoms with van der Waals surface area (Å²) >= 11 is 5.10. The lowest BCUT2D eigenvalue weighted by atomic mass is 10.2. The standard InChI is InChI=1S/C18H18FN5O3S2/c1-2-24-16(21-22-18(24)28)11-20-17(25)12-3-7-14(8-4-12)23-29(26,27)15-9-5-13(19)6-10-15/h3-10,23H,2,11H2,1H3,(H,20,25)(H,22,28). The van der Waals surface area contributed by atoms with Crippen LogP contribution >= 0.6 is 12.2 Å². The molecule has 1 heterocycles. The number of carbonyl (C=O) groups is 1. The maximum atomic E-state index is 13.0. The minimum absolute atomic E-state index is 0.0648. The van der Waals surface area contributed by atoms with Gasteiger partial charge in [0.05, 0.1) is 11.4 Å². The average molecular weight is 436 g/mol. The molecule has 0 spiro atoms. The zero-order chi connectivity index (χ0) is 21.0. The summed E-state index contributed by atoms with van der Waals surface area (Å²) in [6.07, 6.45) is 0. The molecule has 0 saturated heterocycles. The third kappa shape index (κ3) is 4.87. The fourth-order valence-electron chi connectivity index (χ4n) is 2.59. The normalized spacial score (nSPS) is 11.2. The molecule has 0 fully saturated rings. The third-order valence-corrected chi connectivity index (χ3v) is 5.79. The van der Waals surface area contributed by atoms with Gasteiger partial charge in [-0.15, -0.1) is 0 Å². The van der Waals surface area contributed by atoms with Gasteiger partial charge in [-0.3, -0.25) is 14.6 Å². The van der Waals surface area contributed by atoms with Crippen LogP contribution < -0.4 is 10.0 Å². The van der Waals surface area contributed by atoms with E-state index in [1.165, 1.54) is 36.4 Å². The van der Waals surface area contributed by atoms with E-state index in [2.05, 4.69) is 20.2 Å². The van der Waals surface area contributed by atoms with Crippen LogP contribution in [0.1, 0.15) is 23.1 Å². The zero-order valence-electron chi connectivity index (χ0n) is 15.3. The van der Waals surface area contributed by atoms with Crippen LogP contribution in [0, 0.1) is 10.6 Å². The van der Waals surface area contributed by atoms with E-state index in [9.17, 15) is 17.6 Å². The van der Waals surface area contributed by atoms with E-state index in [0.29, 0.717) is 22.7 Å². The third-order valence-electron chi connectivity index (χ3n) is 4.08. The van der Waals surface area contributed by atoms with Gasteiger partial charge in [0.25, 0.3) is 15.9 Å². The quantitative estimate of drug-likeness (QED) is 0.495. The highest BCUT2D eigenvalue weighted by Gasteiger charge is 2.15. The summed E-state index contributed by atoms with van der Waals surface area (Å²) in [6.45, 7) is 2.74. The minimum atomic E-state index is -3.86. The number of aromatic nitrogens is 3. The van der Waals surface area contributed by atoms with Crippen LogP contribution in [0.4, 0.5) is 10.1 Å². The van der Waals surface area contributed by atoms with Crippen molar-refractivity contribution in [1.82, 2.24) is 20.1 Å². The molecular weight excluding hydrogens is 417 g/mol. The molecular formula is C18H18FN5O3S2. The summed E-state index contributed by atoms with van der Waals surface area (Å²) in [5.41, 5.74) is 0.629. The van der Waals surface area contributed by atoms with E-state index >= 15 is 0 Å². The van der Waals surface area contributed by atoms with Gasteiger partial charge in [0.1, 0.15) is 5.82 Å². The van der Waals surface area contributed by atoms with E-state index in [1.807, 2.05) is 6.92 Å². The first kappa shape index (κ1) is 20.7. The monoisotopic (exact) mass is 435 g/mol. The number of nitrogens with one attached hydrogen (secondary N) is 3. The molecule has 0 aliphatic carbocycles. The van der Waals surface area contributed by atoms with Crippen LogP contribution in [0.15, 0.2) is 53.4 Å². The fourth-order valence-corrected chi connectivity index (χ4v) is 3.93. The van der Waals surface area contributed by atoms with Crippen LogP contribution in [0.2, 0.25) is 0 Å². The zero-order valence-corrected chi connectivity index (χ0v) is 17.0. The molecule has 11 heteroatoms. The number of aromatic amines is 1. The first-order chi connectivity index (χ1) is 13.8. The molecule has 0 saturated carbocycles. The van der Waals surface area contributed by atoms with E-state index in [4.69, 9.17) is 12.2 Å². The van der Waals surface area contributed by atoms with Crippen molar-refractivity contribution in [3.05, 3.63) is 70.5 Å². The number of halogens is 1. The van der Waals surface area contributed by atoms with Gasteiger partial charge < -0.3 is 9.88 Å². The van der Waals surface area contributed by atoms with Crippen molar-refractivity contribution in [1.29, 1.82) is 0 Å². The molecule has 0 unspecified atom stereocenters. The largest absolute Gasteiger partial charge is 0.345 e. The van der Waals surface area contributed by atoms with Crippen LogP contribution in [0.3, 0.4) is 0 Å². The van der Waals surface area contributed by atoms with E-state index in [0.717, 1.165) is 12.1 Å². The van der Waals surface area contributed by atoms with Crippen LogP contribution in [-0.2, 0) is 23.1 Å². The lowest BCUT2D eigenvalue weighted by Gasteiger charge is -2.09. The summed E-state index contributed by atoms with van der Waals surface area (Å²) in [4.78, 5) is 12.3. The molecule has 3 rings (SSSR count). The molecule has 0 radical (unpaired) electrons. The number of amides is 1. The number of sulfonamides is 1. The molecule has 152 valence electrons. The van der Waals surface area contributed by atoms with Crippen LogP contribution in [0.5, 0.6) is 0 Å². The van der Waals surface area contributed by atoms with E-state index < -0.39 is 15.8 Å². The summed E-state index contributed by atoms with van der Waals surface area (Å²) in [7, 11) is -3.86. The maximum Gasteiger partial charge on any atom is 0.261 e. The van der Waals surface area contributed by atoms with Crippen molar-refractivity contribution in [2.75, 3.05) is 4.72 Å². The molecule has 0 atom stereocenters. The Hall–Kier alpha value is -3.05. The first-order valence-corrected chi connectivity index (χ1v) is 10.5. The first-order valence-electron chi connectivity index (χ1n) is 8.61. The molecule has 3 aromatic rings. The number of H-pyrrole nitrogens is 1. The molecule has 2 aromatic carbocycles. The van der Waals surface area contributed by atoms with Crippen molar-refractivity contribution in [2.45, 2.75) is 24.9 Å². The summed E-state index contributed by atoms with van der Waals surface area (Å²) in [5.74, 6) is -0.258. The Morgan fingerprint density at radius 3 is 2.45 bits per heavy atom. The Bertz CT molecular complexity index is 1170. The average Bonchev–Trinajstić information content (AvgIpc) is 3.06. The molecule has 1 aromatic heterocycles. The number of benzene rings is 2. The van der Waals surface area contributed by atoms with Gasteiger partial charge in [0.2, 0.25) is 0 Å². The van der Waals surface area contributed by atoms with Gasteiger partial charge in [0, 0.05) is 17.8 Å².